The SMILES string of the molecule is COCC(C)OOC(=O)c1ccccc1C. The monoisotopic (exact) mass is 224 g/mol. The highest BCUT2D eigenvalue weighted by atomic mass is 17.2. The fourth-order valence-electron chi connectivity index (χ4n) is 1.24. The minimum Gasteiger partial charge on any atom is -0.382 e. The molecule has 0 heterocycles. The van der Waals surface area contributed by atoms with E-state index in [-0.39, 0.29) is 6.10 Å². The van der Waals surface area contributed by atoms with E-state index in [1.807, 2.05) is 19.1 Å². The van der Waals surface area contributed by atoms with Gasteiger partial charge in [-0.05, 0) is 25.5 Å². The van der Waals surface area contributed by atoms with E-state index in [4.69, 9.17) is 14.5 Å². The standard InChI is InChI=1S/C12H16O4/c1-9-6-4-5-7-11(9)12(13)16-15-10(2)8-14-3/h4-7,10H,8H2,1-3H3. The number of hydrogen-bond acceptors (Lipinski definition) is 4. The molecule has 88 valence electrons. The van der Waals surface area contributed by atoms with Crippen molar-refractivity contribution in [2.24, 2.45) is 0 Å². The van der Waals surface area contributed by atoms with Crippen LogP contribution in [0.1, 0.15) is 22.8 Å². The Morgan fingerprint density at radius 3 is 2.69 bits per heavy atom. The van der Waals surface area contributed by atoms with Crippen molar-refractivity contribution in [1.29, 1.82) is 0 Å². The van der Waals surface area contributed by atoms with Crippen LogP contribution in [0.2, 0.25) is 0 Å². The van der Waals surface area contributed by atoms with Crippen LogP contribution in [0.5, 0.6) is 0 Å². The van der Waals surface area contributed by atoms with Gasteiger partial charge in [-0.25, -0.2) is 4.79 Å². The first-order valence-corrected chi connectivity index (χ1v) is 5.07. The molecule has 0 amide bonds. The van der Waals surface area contributed by atoms with Crippen LogP contribution in [0, 0.1) is 6.92 Å². The Morgan fingerprint density at radius 1 is 1.38 bits per heavy atom. The average Bonchev–Trinajstić information content (AvgIpc) is 2.27. The molecule has 0 saturated carbocycles. The number of carbonyl (C=O) groups is 1. The molecule has 1 aromatic carbocycles. The number of hydrogen-bond donors (Lipinski definition) is 0. The lowest BCUT2D eigenvalue weighted by molar-refractivity contribution is -0.276. The minimum atomic E-state index is -0.485. The minimum absolute atomic E-state index is 0.280. The van der Waals surface area contributed by atoms with Gasteiger partial charge in [-0.1, -0.05) is 18.2 Å². The highest BCUT2D eigenvalue weighted by Crippen LogP contribution is 2.09. The van der Waals surface area contributed by atoms with Crippen molar-refractivity contribution in [2.75, 3.05) is 13.7 Å². The second-order valence-corrected chi connectivity index (χ2v) is 3.55. The van der Waals surface area contributed by atoms with Gasteiger partial charge < -0.3 is 4.74 Å². The average molecular weight is 224 g/mol. The Hall–Kier alpha value is -1.39. The number of ether oxygens (including phenoxy) is 1. The first-order chi connectivity index (χ1) is 7.65. The Kier molecular flexibility index (Phi) is 4.95. The van der Waals surface area contributed by atoms with E-state index < -0.39 is 5.97 Å². The van der Waals surface area contributed by atoms with E-state index in [0.717, 1.165) is 5.56 Å². The molecule has 0 aliphatic carbocycles. The van der Waals surface area contributed by atoms with Gasteiger partial charge >= 0.3 is 5.97 Å². The third-order valence-electron chi connectivity index (χ3n) is 2.05. The third kappa shape index (κ3) is 3.64. The van der Waals surface area contributed by atoms with Gasteiger partial charge in [0, 0.05) is 7.11 Å². The molecule has 1 rings (SSSR count). The van der Waals surface area contributed by atoms with Gasteiger partial charge in [0.2, 0.25) is 0 Å². The molecule has 1 aromatic rings. The molecule has 0 saturated heterocycles. The summed E-state index contributed by atoms with van der Waals surface area (Å²) in [6.45, 7) is 3.98. The van der Waals surface area contributed by atoms with Crippen molar-refractivity contribution in [3.63, 3.8) is 0 Å². The van der Waals surface area contributed by atoms with Crippen LogP contribution in [0.25, 0.3) is 0 Å². The maximum Gasteiger partial charge on any atom is 0.373 e. The highest BCUT2D eigenvalue weighted by Gasteiger charge is 2.12. The van der Waals surface area contributed by atoms with Crippen molar-refractivity contribution in [2.45, 2.75) is 20.0 Å². The zero-order valence-corrected chi connectivity index (χ0v) is 9.73. The topological polar surface area (TPSA) is 44.8 Å². The largest absolute Gasteiger partial charge is 0.382 e. The van der Waals surface area contributed by atoms with Crippen LogP contribution in [-0.4, -0.2) is 25.8 Å². The summed E-state index contributed by atoms with van der Waals surface area (Å²) in [5.41, 5.74) is 1.36. The molecule has 0 aliphatic heterocycles. The molecule has 4 nitrogen and oxygen atoms in total. The van der Waals surface area contributed by atoms with Crippen LogP contribution in [0.3, 0.4) is 0 Å². The normalized spacial score (nSPS) is 12.2. The maximum absolute atomic E-state index is 11.6. The Bertz CT molecular complexity index is 349. The van der Waals surface area contributed by atoms with E-state index >= 15 is 0 Å². The van der Waals surface area contributed by atoms with Crippen LogP contribution < -0.4 is 0 Å². The molecule has 16 heavy (non-hydrogen) atoms. The van der Waals surface area contributed by atoms with E-state index in [1.165, 1.54) is 0 Å². The number of carbonyl (C=O) groups excluding carboxylic acids is 1. The smallest absolute Gasteiger partial charge is 0.373 e. The lowest BCUT2D eigenvalue weighted by Crippen LogP contribution is -2.18. The lowest BCUT2D eigenvalue weighted by Gasteiger charge is -2.10. The van der Waals surface area contributed by atoms with E-state index in [1.54, 1.807) is 26.2 Å². The molecular weight excluding hydrogens is 208 g/mol. The van der Waals surface area contributed by atoms with E-state index in [9.17, 15) is 4.79 Å². The fraction of sp³-hybridized carbons (Fsp3) is 0.417. The van der Waals surface area contributed by atoms with Crippen LogP contribution >= 0.6 is 0 Å². The molecule has 1 unspecified atom stereocenters. The van der Waals surface area contributed by atoms with Gasteiger partial charge in [-0.2, -0.15) is 4.89 Å². The van der Waals surface area contributed by atoms with Gasteiger partial charge in [0.05, 0.1) is 12.2 Å². The molecule has 4 heteroatoms. The molecule has 0 N–H and O–H groups in total. The van der Waals surface area contributed by atoms with Crippen molar-refractivity contribution >= 4 is 5.97 Å². The maximum atomic E-state index is 11.6. The highest BCUT2D eigenvalue weighted by molar-refractivity contribution is 5.90. The molecule has 0 aliphatic rings. The van der Waals surface area contributed by atoms with Crippen molar-refractivity contribution in [3.05, 3.63) is 35.4 Å². The summed E-state index contributed by atoms with van der Waals surface area (Å²) in [7, 11) is 1.56. The molecule has 1 atom stereocenters. The predicted octanol–water partition coefficient (Wildman–Crippen LogP) is 2.12. The summed E-state index contributed by atoms with van der Waals surface area (Å²) in [5, 5.41) is 0. The summed E-state index contributed by atoms with van der Waals surface area (Å²) < 4.78 is 4.85. The first-order valence-electron chi connectivity index (χ1n) is 5.07. The zero-order valence-electron chi connectivity index (χ0n) is 9.73. The van der Waals surface area contributed by atoms with Gasteiger partial charge in [-0.15, -0.1) is 0 Å². The lowest BCUT2D eigenvalue weighted by atomic mass is 10.1. The molecule has 0 aromatic heterocycles. The second-order valence-electron chi connectivity index (χ2n) is 3.55. The van der Waals surface area contributed by atoms with Crippen LogP contribution in [0.15, 0.2) is 24.3 Å². The second kappa shape index (κ2) is 6.25. The van der Waals surface area contributed by atoms with Crippen molar-refractivity contribution < 1.29 is 19.3 Å². The third-order valence-corrected chi connectivity index (χ3v) is 2.05. The van der Waals surface area contributed by atoms with Gasteiger partial charge in [0.1, 0.15) is 6.10 Å². The Labute approximate surface area is 95.1 Å². The number of methoxy groups -OCH3 is 1. The van der Waals surface area contributed by atoms with E-state index in [0.29, 0.717) is 12.2 Å². The summed E-state index contributed by atoms with van der Waals surface area (Å²) in [5.74, 6) is -0.485. The van der Waals surface area contributed by atoms with Crippen LogP contribution in [-0.2, 0) is 14.5 Å². The van der Waals surface area contributed by atoms with Gasteiger partial charge in [0.25, 0.3) is 0 Å². The van der Waals surface area contributed by atoms with Crippen molar-refractivity contribution in [3.8, 4) is 0 Å². The molecule has 0 spiro atoms. The molecule has 0 fully saturated rings. The molecule has 0 radical (unpaired) electrons. The molecule has 0 bridgehead atoms. The van der Waals surface area contributed by atoms with Gasteiger partial charge in [-0.3, -0.25) is 4.89 Å². The summed E-state index contributed by atoms with van der Waals surface area (Å²) in [6.07, 6.45) is -0.280. The number of rotatable bonds is 5. The quantitative estimate of drug-likeness (QED) is 0.567. The zero-order chi connectivity index (χ0) is 12.0. The summed E-state index contributed by atoms with van der Waals surface area (Å²) >= 11 is 0. The summed E-state index contributed by atoms with van der Waals surface area (Å²) in [6, 6.07) is 7.18. The van der Waals surface area contributed by atoms with Crippen molar-refractivity contribution in [1.82, 2.24) is 0 Å². The first kappa shape index (κ1) is 12.7. The van der Waals surface area contributed by atoms with E-state index in [2.05, 4.69) is 0 Å². The number of aryl methyl sites for hydroxylation is 1. The predicted molar refractivity (Wildman–Crippen MR) is 59.0 cm³/mol. The fourth-order valence-corrected chi connectivity index (χ4v) is 1.24. The summed E-state index contributed by atoms with van der Waals surface area (Å²) in [4.78, 5) is 21.2. The number of benzene rings is 1. The molecular formula is C12H16O4. The Balaban J connectivity index is 2.50. The van der Waals surface area contributed by atoms with Gasteiger partial charge in [0.15, 0.2) is 0 Å². The van der Waals surface area contributed by atoms with Crippen LogP contribution in [0.4, 0.5) is 0 Å². The Morgan fingerprint density at radius 2 is 2.06 bits per heavy atom.